The van der Waals surface area contributed by atoms with Crippen molar-refractivity contribution in [3.63, 3.8) is 0 Å². The Hall–Kier alpha value is -1.92. The van der Waals surface area contributed by atoms with Crippen molar-refractivity contribution in [2.24, 2.45) is 11.7 Å². The molecule has 0 fully saturated rings. The topological polar surface area (TPSA) is 83.7 Å². The summed E-state index contributed by atoms with van der Waals surface area (Å²) in [5.41, 5.74) is 7.63. The molecule has 6 nitrogen and oxygen atoms in total. The maximum Gasteiger partial charge on any atom is 0.262 e. The number of nitrogens with zero attached hydrogens (tertiary/aromatic N) is 2. The lowest BCUT2D eigenvalue weighted by Gasteiger charge is -2.23. The standard InChI is InChI=1S/C18H25N3O3.ClH/c1-11(2)15(19)7-8-20(4)16(22)10-21-17(23)13-6-5-12(3)9-14(13)18(21)24;/h5-6,9,11,15H,7-8,10,19H2,1-4H3;1H. The quantitative estimate of drug-likeness (QED) is 0.777. The second-order valence-corrected chi connectivity index (χ2v) is 6.76. The Labute approximate surface area is 154 Å². The molecule has 1 unspecified atom stereocenters. The normalized spacial score (nSPS) is 14.4. The Morgan fingerprint density at radius 3 is 2.40 bits per heavy atom. The SMILES string of the molecule is Cc1ccc2c(c1)C(=O)N(CC(=O)N(C)CCC(N)C(C)C)C2=O.Cl. The van der Waals surface area contributed by atoms with E-state index in [9.17, 15) is 14.4 Å². The fourth-order valence-corrected chi connectivity index (χ4v) is 2.60. The van der Waals surface area contributed by atoms with Gasteiger partial charge in [-0.2, -0.15) is 0 Å². The number of carbonyl (C=O) groups is 3. The Morgan fingerprint density at radius 1 is 1.20 bits per heavy atom. The number of rotatable bonds is 6. The van der Waals surface area contributed by atoms with Gasteiger partial charge in [-0.1, -0.05) is 25.5 Å². The first kappa shape index (κ1) is 21.1. The summed E-state index contributed by atoms with van der Waals surface area (Å²) < 4.78 is 0. The third-order valence-corrected chi connectivity index (χ3v) is 4.50. The highest BCUT2D eigenvalue weighted by Gasteiger charge is 2.37. The van der Waals surface area contributed by atoms with Crippen LogP contribution in [0, 0.1) is 12.8 Å². The molecule has 2 rings (SSSR count). The van der Waals surface area contributed by atoms with Crippen LogP contribution < -0.4 is 5.73 Å². The molecular weight excluding hydrogens is 342 g/mol. The van der Waals surface area contributed by atoms with Crippen LogP contribution in [-0.2, 0) is 4.79 Å². The lowest BCUT2D eigenvalue weighted by molar-refractivity contribution is -0.130. The number of carbonyl (C=O) groups excluding carboxylic acids is 3. The number of likely N-dealkylation sites (N-methyl/N-ethyl adjacent to an activating group) is 1. The highest BCUT2D eigenvalue weighted by atomic mass is 35.5. The lowest BCUT2D eigenvalue weighted by Crippen LogP contribution is -2.42. The van der Waals surface area contributed by atoms with Gasteiger partial charge in [-0.25, -0.2) is 0 Å². The molecule has 0 saturated carbocycles. The number of hydrogen-bond acceptors (Lipinski definition) is 4. The molecule has 1 aliphatic rings. The Bertz CT molecular complexity index is 676. The van der Waals surface area contributed by atoms with Gasteiger partial charge in [0.25, 0.3) is 11.8 Å². The molecule has 7 heteroatoms. The van der Waals surface area contributed by atoms with Gasteiger partial charge >= 0.3 is 0 Å². The molecule has 1 heterocycles. The first-order valence-corrected chi connectivity index (χ1v) is 8.18. The molecule has 2 N–H and O–H groups in total. The smallest absolute Gasteiger partial charge is 0.262 e. The monoisotopic (exact) mass is 367 g/mol. The van der Waals surface area contributed by atoms with Crippen molar-refractivity contribution in [3.8, 4) is 0 Å². The van der Waals surface area contributed by atoms with Gasteiger partial charge in [-0.05, 0) is 31.4 Å². The third-order valence-electron chi connectivity index (χ3n) is 4.50. The second kappa shape index (κ2) is 8.45. The number of imide groups is 1. The molecule has 0 spiro atoms. The maximum atomic E-state index is 12.4. The summed E-state index contributed by atoms with van der Waals surface area (Å²) in [6.45, 7) is 6.19. The number of fused-ring (bicyclic) bond motifs is 1. The van der Waals surface area contributed by atoms with Gasteiger partial charge in [0.15, 0.2) is 0 Å². The highest BCUT2D eigenvalue weighted by Crippen LogP contribution is 2.23. The minimum Gasteiger partial charge on any atom is -0.344 e. The van der Waals surface area contributed by atoms with Crippen LogP contribution in [0.4, 0.5) is 0 Å². The van der Waals surface area contributed by atoms with Crippen molar-refractivity contribution in [1.82, 2.24) is 9.80 Å². The molecule has 0 bridgehead atoms. The number of amides is 3. The molecule has 1 atom stereocenters. The first-order valence-electron chi connectivity index (χ1n) is 8.18. The van der Waals surface area contributed by atoms with Gasteiger partial charge in [0, 0.05) is 19.6 Å². The van der Waals surface area contributed by atoms with E-state index < -0.39 is 11.8 Å². The zero-order valence-electron chi connectivity index (χ0n) is 15.1. The van der Waals surface area contributed by atoms with Crippen LogP contribution in [0.2, 0.25) is 0 Å². The molecule has 3 amide bonds. The molecule has 0 radical (unpaired) electrons. The van der Waals surface area contributed by atoms with E-state index in [1.807, 2.05) is 20.8 Å². The summed E-state index contributed by atoms with van der Waals surface area (Å²) in [5.74, 6) is -0.736. The molecule has 1 aromatic carbocycles. The molecule has 138 valence electrons. The molecule has 0 saturated heterocycles. The Balaban J connectivity index is 0.00000312. The van der Waals surface area contributed by atoms with Crippen molar-refractivity contribution >= 4 is 30.1 Å². The number of benzene rings is 1. The van der Waals surface area contributed by atoms with E-state index in [-0.39, 0.29) is 30.9 Å². The average Bonchev–Trinajstić information content (AvgIpc) is 2.76. The molecule has 1 aliphatic heterocycles. The lowest BCUT2D eigenvalue weighted by atomic mass is 10.0. The summed E-state index contributed by atoms with van der Waals surface area (Å²) in [6.07, 6.45) is 0.682. The van der Waals surface area contributed by atoms with Crippen molar-refractivity contribution < 1.29 is 14.4 Å². The van der Waals surface area contributed by atoms with Crippen molar-refractivity contribution in [2.45, 2.75) is 33.2 Å². The van der Waals surface area contributed by atoms with Gasteiger partial charge in [0.2, 0.25) is 5.91 Å². The number of aryl methyl sites for hydroxylation is 1. The van der Waals surface area contributed by atoms with Crippen molar-refractivity contribution in [3.05, 3.63) is 34.9 Å². The van der Waals surface area contributed by atoms with Crippen LogP contribution in [-0.4, -0.2) is 53.7 Å². The summed E-state index contributed by atoms with van der Waals surface area (Å²) in [5, 5.41) is 0. The largest absolute Gasteiger partial charge is 0.344 e. The van der Waals surface area contributed by atoms with Crippen LogP contribution in [0.15, 0.2) is 18.2 Å². The highest BCUT2D eigenvalue weighted by molar-refractivity contribution is 6.22. The van der Waals surface area contributed by atoms with Gasteiger partial charge in [-0.3, -0.25) is 19.3 Å². The fraction of sp³-hybridized carbons (Fsp3) is 0.500. The maximum absolute atomic E-state index is 12.4. The van der Waals surface area contributed by atoms with Gasteiger partial charge in [0.05, 0.1) is 11.1 Å². The van der Waals surface area contributed by atoms with E-state index in [4.69, 9.17) is 5.73 Å². The zero-order valence-corrected chi connectivity index (χ0v) is 15.9. The van der Waals surface area contributed by atoms with Gasteiger partial charge < -0.3 is 10.6 Å². The van der Waals surface area contributed by atoms with E-state index >= 15 is 0 Å². The minimum absolute atomic E-state index is 0. The van der Waals surface area contributed by atoms with Gasteiger partial charge in [0.1, 0.15) is 6.54 Å². The van der Waals surface area contributed by atoms with Crippen LogP contribution >= 0.6 is 12.4 Å². The van der Waals surface area contributed by atoms with Crippen molar-refractivity contribution in [1.29, 1.82) is 0 Å². The van der Waals surface area contributed by atoms with E-state index in [0.29, 0.717) is 30.0 Å². The first-order chi connectivity index (χ1) is 11.2. The molecule has 0 aliphatic carbocycles. The molecule has 1 aromatic rings. The Kier molecular flexibility index (Phi) is 7.14. The predicted octanol–water partition coefficient (Wildman–Crippen LogP) is 1.84. The van der Waals surface area contributed by atoms with Crippen molar-refractivity contribution in [2.75, 3.05) is 20.1 Å². The number of hydrogen-bond donors (Lipinski definition) is 1. The number of nitrogens with two attached hydrogens (primary N) is 1. The Morgan fingerprint density at radius 2 is 1.80 bits per heavy atom. The van der Waals surface area contributed by atoms with Crippen LogP contribution in [0.5, 0.6) is 0 Å². The van der Waals surface area contributed by atoms with E-state index in [1.165, 1.54) is 4.90 Å². The number of halogens is 1. The van der Waals surface area contributed by atoms with Crippen LogP contribution in [0.3, 0.4) is 0 Å². The fourth-order valence-electron chi connectivity index (χ4n) is 2.60. The van der Waals surface area contributed by atoms with Gasteiger partial charge in [-0.15, -0.1) is 12.4 Å². The van der Waals surface area contributed by atoms with E-state index in [2.05, 4.69) is 0 Å². The zero-order chi connectivity index (χ0) is 18.0. The second-order valence-electron chi connectivity index (χ2n) is 6.76. The average molecular weight is 368 g/mol. The van der Waals surface area contributed by atoms with Crippen LogP contribution in [0.1, 0.15) is 46.5 Å². The van der Waals surface area contributed by atoms with Crippen LogP contribution in [0.25, 0.3) is 0 Å². The predicted molar refractivity (Wildman–Crippen MR) is 98.9 cm³/mol. The van der Waals surface area contributed by atoms with E-state index in [1.54, 1.807) is 25.2 Å². The summed E-state index contributed by atoms with van der Waals surface area (Å²) in [6, 6.07) is 5.13. The summed E-state index contributed by atoms with van der Waals surface area (Å²) in [7, 11) is 1.66. The molecule has 0 aromatic heterocycles. The molecular formula is C18H26ClN3O3. The minimum atomic E-state index is -0.407. The molecule has 25 heavy (non-hydrogen) atoms. The van der Waals surface area contributed by atoms with E-state index in [0.717, 1.165) is 10.5 Å². The summed E-state index contributed by atoms with van der Waals surface area (Å²) in [4.78, 5) is 39.6. The third kappa shape index (κ3) is 4.58. The summed E-state index contributed by atoms with van der Waals surface area (Å²) >= 11 is 0.